The molecule has 0 saturated heterocycles. The number of thioether (sulfide) groups is 1. The van der Waals surface area contributed by atoms with Gasteiger partial charge < -0.3 is 19.3 Å². The molecule has 0 saturated carbocycles. The topological polar surface area (TPSA) is 82.3 Å². The number of aromatic nitrogens is 3. The van der Waals surface area contributed by atoms with Crippen LogP contribution in [0.1, 0.15) is 0 Å². The minimum absolute atomic E-state index is 0.396. The second-order valence-electron chi connectivity index (χ2n) is 5.32. The van der Waals surface area contributed by atoms with E-state index < -0.39 is 0 Å². The van der Waals surface area contributed by atoms with Crippen molar-refractivity contribution in [1.29, 1.82) is 0 Å². The van der Waals surface area contributed by atoms with Crippen molar-refractivity contribution in [2.75, 3.05) is 38.1 Å². The standard InChI is InChI=1S/C18H20N4O3S/c1-23-14-6-4-5-13(16(14)24-2)17-21-18(25-22-17)12-7-8-15(20-11-12)19-9-10-26-3/h4-8,11H,9-10H2,1-3H3,(H,19,20). The van der Waals surface area contributed by atoms with Crippen LogP contribution < -0.4 is 14.8 Å². The van der Waals surface area contributed by atoms with Crippen LogP contribution in [0.4, 0.5) is 5.82 Å². The van der Waals surface area contributed by atoms with Gasteiger partial charge in [0.1, 0.15) is 5.82 Å². The Kier molecular flexibility index (Phi) is 5.96. The first-order valence-electron chi connectivity index (χ1n) is 8.01. The summed E-state index contributed by atoms with van der Waals surface area (Å²) in [5.41, 5.74) is 1.45. The zero-order valence-corrected chi connectivity index (χ0v) is 15.7. The number of nitrogens with one attached hydrogen (secondary N) is 1. The molecule has 3 rings (SSSR count). The molecule has 0 fully saturated rings. The van der Waals surface area contributed by atoms with E-state index in [1.807, 2.05) is 30.3 Å². The Morgan fingerprint density at radius 3 is 2.73 bits per heavy atom. The van der Waals surface area contributed by atoms with Gasteiger partial charge in [-0.1, -0.05) is 11.2 Å². The van der Waals surface area contributed by atoms with Gasteiger partial charge in [-0.3, -0.25) is 0 Å². The zero-order valence-electron chi connectivity index (χ0n) is 14.9. The number of para-hydroxylation sites is 1. The first kappa shape index (κ1) is 18.1. The highest BCUT2D eigenvalue weighted by Gasteiger charge is 2.17. The van der Waals surface area contributed by atoms with Gasteiger partial charge in [0.25, 0.3) is 5.89 Å². The van der Waals surface area contributed by atoms with Gasteiger partial charge in [-0.2, -0.15) is 16.7 Å². The molecule has 26 heavy (non-hydrogen) atoms. The SMILES string of the molecule is COc1cccc(-c2noc(-c3ccc(NCCSC)nc3)n2)c1OC. The molecular formula is C18H20N4O3S. The van der Waals surface area contributed by atoms with Crippen molar-refractivity contribution in [3.05, 3.63) is 36.5 Å². The van der Waals surface area contributed by atoms with E-state index in [4.69, 9.17) is 14.0 Å². The molecule has 136 valence electrons. The molecule has 0 bridgehead atoms. The van der Waals surface area contributed by atoms with Crippen LogP contribution in [0, 0.1) is 0 Å². The first-order chi connectivity index (χ1) is 12.8. The monoisotopic (exact) mass is 372 g/mol. The molecule has 0 radical (unpaired) electrons. The summed E-state index contributed by atoms with van der Waals surface area (Å²) in [6.45, 7) is 0.869. The Labute approximate surface area is 156 Å². The van der Waals surface area contributed by atoms with Gasteiger partial charge >= 0.3 is 0 Å². The number of nitrogens with zero attached hydrogens (tertiary/aromatic N) is 3. The van der Waals surface area contributed by atoms with E-state index in [-0.39, 0.29) is 0 Å². The Morgan fingerprint density at radius 1 is 1.15 bits per heavy atom. The number of hydrogen-bond donors (Lipinski definition) is 1. The molecule has 1 aromatic carbocycles. The molecule has 7 nitrogen and oxygen atoms in total. The highest BCUT2D eigenvalue weighted by Crippen LogP contribution is 2.37. The summed E-state index contributed by atoms with van der Waals surface area (Å²) in [6, 6.07) is 9.31. The number of methoxy groups -OCH3 is 2. The third-order valence-corrected chi connectivity index (χ3v) is 4.30. The van der Waals surface area contributed by atoms with E-state index in [9.17, 15) is 0 Å². The highest BCUT2D eigenvalue weighted by molar-refractivity contribution is 7.98. The van der Waals surface area contributed by atoms with Crippen molar-refractivity contribution in [2.45, 2.75) is 0 Å². The predicted octanol–water partition coefficient (Wildman–Crippen LogP) is 3.59. The van der Waals surface area contributed by atoms with Crippen molar-refractivity contribution in [1.82, 2.24) is 15.1 Å². The van der Waals surface area contributed by atoms with Gasteiger partial charge in [-0.15, -0.1) is 0 Å². The van der Waals surface area contributed by atoms with Crippen molar-refractivity contribution in [2.24, 2.45) is 0 Å². The van der Waals surface area contributed by atoms with Crippen LogP contribution in [-0.4, -0.2) is 47.9 Å². The summed E-state index contributed by atoms with van der Waals surface area (Å²) in [5.74, 6) is 3.84. The first-order valence-corrected chi connectivity index (χ1v) is 9.40. The lowest BCUT2D eigenvalue weighted by atomic mass is 10.1. The molecule has 3 aromatic rings. The average molecular weight is 372 g/mol. The largest absolute Gasteiger partial charge is 0.493 e. The van der Waals surface area contributed by atoms with Crippen molar-refractivity contribution in [3.8, 4) is 34.3 Å². The van der Waals surface area contributed by atoms with E-state index in [0.717, 1.165) is 23.7 Å². The Balaban J connectivity index is 1.82. The quantitative estimate of drug-likeness (QED) is 0.601. The molecule has 0 spiro atoms. The zero-order chi connectivity index (χ0) is 18.4. The Morgan fingerprint density at radius 2 is 2.04 bits per heavy atom. The second-order valence-corrected chi connectivity index (χ2v) is 6.30. The lowest BCUT2D eigenvalue weighted by Crippen LogP contribution is -2.04. The number of anilines is 1. The van der Waals surface area contributed by atoms with Crippen LogP contribution >= 0.6 is 11.8 Å². The van der Waals surface area contributed by atoms with Crippen LogP contribution in [-0.2, 0) is 0 Å². The fraction of sp³-hybridized carbons (Fsp3) is 0.278. The maximum Gasteiger partial charge on any atom is 0.259 e. The summed E-state index contributed by atoms with van der Waals surface area (Å²) >= 11 is 1.78. The van der Waals surface area contributed by atoms with Gasteiger partial charge in [-0.05, 0) is 30.5 Å². The molecule has 0 aliphatic rings. The lowest BCUT2D eigenvalue weighted by Gasteiger charge is -2.09. The van der Waals surface area contributed by atoms with Crippen LogP contribution in [0.15, 0.2) is 41.1 Å². The van der Waals surface area contributed by atoms with E-state index in [0.29, 0.717) is 28.8 Å². The molecule has 0 aliphatic carbocycles. The molecular weight excluding hydrogens is 352 g/mol. The fourth-order valence-corrected chi connectivity index (χ4v) is 2.73. The summed E-state index contributed by atoms with van der Waals surface area (Å²) in [5, 5.41) is 7.32. The number of hydrogen-bond acceptors (Lipinski definition) is 8. The normalized spacial score (nSPS) is 10.6. The Bertz CT molecular complexity index is 852. The van der Waals surface area contributed by atoms with Crippen molar-refractivity contribution in [3.63, 3.8) is 0 Å². The molecule has 0 atom stereocenters. The van der Waals surface area contributed by atoms with Crippen LogP contribution in [0.3, 0.4) is 0 Å². The summed E-state index contributed by atoms with van der Waals surface area (Å²) < 4.78 is 16.1. The van der Waals surface area contributed by atoms with Crippen LogP contribution in [0.25, 0.3) is 22.8 Å². The van der Waals surface area contributed by atoms with Crippen LogP contribution in [0.5, 0.6) is 11.5 Å². The van der Waals surface area contributed by atoms with Crippen molar-refractivity contribution < 1.29 is 14.0 Å². The number of pyridine rings is 1. The molecule has 2 aromatic heterocycles. The number of rotatable bonds is 8. The molecule has 0 aliphatic heterocycles. The molecule has 2 heterocycles. The van der Waals surface area contributed by atoms with E-state index in [1.165, 1.54) is 0 Å². The van der Waals surface area contributed by atoms with Crippen molar-refractivity contribution >= 4 is 17.6 Å². The molecule has 0 unspecified atom stereocenters. The van der Waals surface area contributed by atoms with E-state index >= 15 is 0 Å². The maximum atomic E-state index is 5.43. The van der Waals surface area contributed by atoms with Gasteiger partial charge in [0.15, 0.2) is 11.5 Å². The number of ether oxygens (including phenoxy) is 2. The van der Waals surface area contributed by atoms with Gasteiger partial charge in [0.2, 0.25) is 5.82 Å². The summed E-state index contributed by atoms with van der Waals surface area (Å²) in [4.78, 5) is 8.84. The smallest absolute Gasteiger partial charge is 0.259 e. The fourth-order valence-electron chi connectivity index (χ4n) is 2.42. The molecule has 8 heteroatoms. The summed E-state index contributed by atoms with van der Waals surface area (Å²) in [7, 11) is 3.17. The minimum atomic E-state index is 0.396. The Hall–Kier alpha value is -2.74. The number of benzene rings is 1. The minimum Gasteiger partial charge on any atom is -0.493 e. The predicted molar refractivity (Wildman–Crippen MR) is 103 cm³/mol. The molecule has 1 N–H and O–H groups in total. The highest BCUT2D eigenvalue weighted by atomic mass is 32.2. The molecule has 0 amide bonds. The van der Waals surface area contributed by atoms with Crippen LogP contribution in [0.2, 0.25) is 0 Å². The van der Waals surface area contributed by atoms with Gasteiger partial charge in [-0.25, -0.2) is 4.98 Å². The average Bonchev–Trinajstić information content (AvgIpc) is 3.18. The second kappa shape index (κ2) is 8.57. The summed E-state index contributed by atoms with van der Waals surface area (Å²) in [6.07, 6.45) is 3.78. The maximum absolute atomic E-state index is 5.43. The van der Waals surface area contributed by atoms with Gasteiger partial charge in [0, 0.05) is 18.5 Å². The van der Waals surface area contributed by atoms with Gasteiger partial charge in [0.05, 0.1) is 25.3 Å². The lowest BCUT2D eigenvalue weighted by molar-refractivity contribution is 0.355. The van der Waals surface area contributed by atoms with E-state index in [2.05, 4.69) is 26.7 Å². The third kappa shape index (κ3) is 3.91. The third-order valence-electron chi connectivity index (χ3n) is 3.69. The van der Waals surface area contributed by atoms with E-state index in [1.54, 1.807) is 32.2 Å².